The van der Waals surface area contributed by atoms with Crippen molar-refractivity contribution in [2.24, 2.45) is 0 Å². The van der Waals surface area contributed by atoms with Gasteiger partial charge in [0.25, 0.3) is 0 Å². The summed E-state index contributed by atoms with van der Waals surface area (Å²) in [6, 6.07) is 8.35. The molecule has 2 fully saturated rings. The van der Waals surface area contributed by atoms with Gasteiger partial charge in [0.05, 0.1) is 24.5 Å². The van der Waals surface area contributed by atoms with E-state index in [2.05, 4.69) is 11.0 Å². The number of hydrogen-bond donors (Lipinski definition) is 0. The van der Waals surface area contributed by atoms with Gasteiger partial charge >= 0.3 is 0 Å². The minimum Gasteiger partial charge on any atom is -0.624 e. The molecule has 0 atom stereocenters. The molecule has 1 saturated carbocycles. The third kappa shape index (κ3) is 3.56. The Labute approximate surface area is 126 Å². The predicted octanol–water partition coefficient (Wildman–Crippen LogP) is 2.79. The van der Waals surface area contributed by atoms with E-state index in [1.807, 2.05) is 18.2 Å². The Bertz CT molecular complexity index is 489. The smallest absolute Gasteiger partial charge is 0.184 e. The number of rotatable bonds is 3. The van der Waals surface area contributed by atoms with Crippen LogP contribution in [-0.4, -0.2) is 43.3 Å². The second kappa shape index (κ2) is 6.94. The first-order valence-electron chi connectivity index (χ1n) is 8.06. The standard InChI is InChI=1S/C17H24N2O2/c20-19(16-7-2-1-3-8-16)14-15-6-4-5-9-17(15)18-10-12-21-13-11-18/h4-6,9,14,16H,1-3,7-8,10-13H2. The van der Waals surface area contributed by atoms with Crippen molar-refractivity contribution in [1.82, 2.24) is 0 Å². The van der Waals surface area contributed by atoms with Gasteiger partial charge in [0.15, 0.2) is 12.3 Å². The lowest BCUT2D eigenvalue weighted by Gasteiger charge is -2.30. The topological polar surface area (TPSA) is 38.5 Å². The van der Waals surface area contributed by atoms with Gasteiger partial charge in [-0.15, -0.1) is 0 Å². The van der Waals surface area contributed by atoms with E-state index in [0.29, 0.717) is 0 Å². The highest BCUT2D eigenvalue weighted by atomic mass is 16.5. The molecular formula is C17H24N2O2. The summed E-state index contributed by atoms with van der Waals surface area (Å²) < 4.78 is 6.61. The molecule has 2 aliphatic rings. The first-order valence-corrected chi connectivity index (χ1v) is 8.06. The van der Waals surface area contributed by atoms with Gasteiger partial charge in [-0.05, 0) is 25.0 Å². The van der Waals surface area contributed by atoms with Crippen molar-refractivity contribution in [3.05, 3.63) is 35.0 Å². The lowest BCUT2D eigenvalue weighted by molar-refractivity contribution is -0.500. The van der Waals surface area contributed by atoms with Crippen LogP contribution in [0.25, 0.3) is 0 Å². The van der Waals surface area contributed by atoms with E-state index >= 15 is 0 Å². The molecule has 1 aromatic rings. The Kier molecular flexibility index (Phi) is 4.76. The Morgan fingerprint density at radius 1 is 1.10 bits per heavy atom. The average molecular weight is 288 g/mol. The molecule has 4 heteroatoms. The molecule has 114 valence electrons. The first kappa shape index (κ1) is 14.4. The summed E-state index contributed by atoms with van der Waals surface area (Å²) in [6.07, 6.45) is 7.49. The molecular weight excluding hydrogens is 264 g/mol. The van der Waals surface area contributed by atoms with Crippen molar-refractivity contribution in [2.45, 2.75) is 38.1 Å². The van der Waals surface area contributed by atoms with Crippen LogP contribution < -0.4 is 4.90 Å². The number of nitrogens with zero attached hydrogens (tertiary/aromatic N) is 2. The van der Waals surface area contributed by atoms with E-state index in [4.69, 9.17) is 4.74 Å². The number of anilines is 1. The molecule has 21 heavy (non-hydrogen) atoms. The van der Waals surface area contributed by atoms with Crippen molar-refractivity contribution in [3.63, 3.8) is 0 Å². The van der Waals surface area contributed by atoms with Crippen LogP contribution in [-0.2, 0) is 4.74 Å². The molecule has 3 rings (SSSR count). The number of para-hydroxylation sites is 1. The van der Waals surface area contributed by atoms with Gasteiger partial charge < -0.3 is 14.8 Å². The molecule has 0 N–H and O–H groups in total. The highest BCUT2D eigenvalue weighted by Gasteiger charge is 2.21. The fraction of sp³-hybridized carbons (Fsp3) is 0.588. The van der Waals surface area contributed by atoms with Crippen LogP contribution in [0.1, 0.15) is 37.7 Å². The predicted molar refractivity (Wildman–Crippen MR) is 85.1 cm³/mol. The molecule has 1 aromatic carbocycles. The lowest BCUT2D eigenvalue weighted by atomic mass is 9.96. The molecule has 1 heterocycles. The molecule has 0 radical (unpaired) electrons. The summed E-state index contributed by atoms with van der Waals surface area (Å²) in [4.78, 5) is 2.31. The molecule has 1 aliphatic heterocycles. The normalized spacial score (nSPS) is 21.5. The van der Waals surface area contributed by atoms with Gasteiger partial charge in [0.1, 0.15) is 0 Å². The van der Waals surface area contributed by atoms with Crippen molar-refractivity contribution < 1.29 is 9.48 Å². The Morgan fingerprint density at radius 3 is 2.57 bits per heavy atom. The molecule has 0 aromatic heterocycles. The van der Waals surface area contributed by atoms with Gasteiger partial charge in [0.2, 0.25) is 0 Å². The van der Waals surface area contributed by atoms with Gasteiger partial charge in [-0.1, -0.05) is 18.6 Å². The molecule has 1 saturated heterocycles. The van der Waals surface area contributed by atoms with Gasteiger partial charge in [-0.2, -0.15) is 0 Å². The fourth-order valence-electron chi connectivity index (χ4n) is 3.27. The lowest BCUT2D eigenvalue weighted by Crippen LogP contribution is -2.37. The Hall–Kier alpha value is -1.55. The van der Waals surface area contributed by atoms with Crippen LogP contribution in [0, 0.1) is 5.21 Å². The summed E-state index contributed by atoms with van der Waals surface area (Å²) in [6.45, 7) is 3.32. The van der Waals surface area contributed by atoms with Crippen molar-refractivity contribution in [2.75, 3.05) is 31.2 Å². The minimum absolute atomic E-state index is 0.163. The van der Waals surface area contributed by atoms with E-state index in [-0.39, 0.29) is 6.04 Å². The zero-order chi connectivity index (χ0) is 14.5. The van der Waals surface area contributed by atoms with Gasteiger partial charge in [-0.3, -0.25) is 0 Å². The maximum Gasteiger partial charge on any atom is 0.184 e. The number of hydrogen-bond acceptors (Lipinski definition) is 3. The molecule has 0 bridgehead atoms. The second-order valence-corrected chi connectivity index (χ2v) is 5.94. The van der Waals surface area contributed by atoms with E-state index in [1.54, 1.807) is 6.21 Å². The zero-order valence-electron chi connectivity index (χ0n) is 12.5. The summed E-state index contributed by atoms with van der Waals surface area (Å²) in [5.74, 6) is 0. The molecule has 0 unspecified atom stereocenters. The van der Waals surface area contributed by atoms with Crippen LogP contribution in [0.15, 0.2) is 24.3 Å². The van der Waals surface area contributed by atoms with Crippen LogP contribution >= 0.6 is 0 Å². The van der Waals surface area contributed by atoms with Gasteiger partial charge in [-0.25, -0.2) is 4.74 Å². The summed E-state index contributed by atoms with van der Waals surface area (Å²) in [5, 5.41) is 12.4. The fourth-order valence-corrected chi connectivity index (χ4v) is 3.27. The van der Waals surface area contributed by atoms with E-state index in [0.717, 1.165) is 50.4 Å². The second-order valence-electron chi connectivity index (χ2n) is 5.94. The highest BCUT2D eigenvalue weighted by Crippen LogP contribution is 2.22. The van der Waals surface area contributed by atoms with E-state index < -0.39 is 0 Å². The Balaban J connectivity index is 1.80. The van der Waals surface area contributed by atoms with Gasteiger partial charge in [0, 0.05) is 25.9 Å². The third-order valence-electron chi connectivity index (χ3n) is 4.49. The largest absolute Gasteiger partial charge is 0.624 e. The monoisotopic (exact) mass is 288 g/mol. The number of hydroxylamine groups is 1. The maximum atomic E-state index is 12.4. The summed E-state index contributed by atoms with van der Waals surface area (Å²) in [5.41, 5.74) is 2.18. The van der Waals surface area contributed by atoms with E-state index in [9.17, 15) is 5.21 Å². The summed E-state index contributed by atoms with van der Waals surface area (Å²) in [7, 11) is 0. The van der Waals surface area contributed by atoms with Crippen LogP contribution in [0.3, 0.4) is 0 Å². The van der Waals surface area contributed by atoms with Crippen molar-refractivity contribution in [3.8, 4) is 0 Å². The van der Waals surface area contributed by atoms with Crippen LogP contribution in [0.4, 0.5) is 5.69 Å². The Morgan fingerprint density at radius 2 is 1.81 bits per heavy atom. The maximum absolute atomic E-state index is 12.4. The zero-order valence-corrected chi connectivity index (χ0v) is 12.5. The highest BCUT2D eigenvalue weighted by molar-refractivity contribution is 5.85. The number of morpholine rings is 1. The average Bonchev–Trinajstić information content (AvgIpc) is 2.57. The SMILES string of the molecule is [O-][N+](=Cc1ccccc1N1CCOCC1)C1CCCCC1. The summed E-state index contributed by atoms with van der Waals surface area (Å²) >= 11 is 0. The van der Waals surface area contributed by atoms with Crippen molar-refractivity contribution in [1.29, 1.82) is 0 Å². The molecule has 4 nitrogen and oxygen atoms in total. The molecule has 0 amide bonds. The third-order valence-corrected chi connectivity index (χ3v) is 4.49. The number of ether oxygens (including phenoxy) is 1. The molecule has 0 spiro atoms. The van der Waals surface area contributed by atoms with Crippen molar-refractivity contribution >= 4 is 11.9 Å². The van der Waals surface area contributed by atoms with Crippen LogP contribution in [0.2, 0.25) is 0 Å². The molecule has 1 aliphatic carbocycles. The number of benzene rings is 1. The van der Waals surface area contributed by atoms with Crippen LogP contribution in [0.5, 0.6) is 0 Å². The van der Waals surface area contributed by atoms with E-state index in [1.165, 1.54) is 24.0 Å². The minimum atomic E-state index is 0.163. The first-order chi connectivity index (χ1) is 10.3. The quantitative estimate of drug-likeness (QED) is 0.371.